The monoisotopic (exact) mass is 292 g/mol. The lowest BCUT2D eigenvalue weighted by molar-refractivity contribution is -0.141. The molecule has 21 heavy (non-hydrogen) atoms. The van der Waals surface area contributed by atoms with Gasteiger partial charge < -0.3 is 9.64 Å². The first-order chi connectivity index (χ1) is 10.1. The molecule has 2 rings (SSSR count). The van der Waals surface area contributed by atoms with Crippen molar-refractivity contribution in [3.63, 3.8) is 0 Å². The van der Waals surface area contributed by atoms with Crippen LogP contribution in [-0.2, 0) is 9.53 Å². The topological polar surface area (TPSA) is 75.6 Å². The Hall–Kier alpha value is -2.02. The predicted octanol–water partition coefficient (Wildman–Crippen LogP) is 0.106. The van der Waals surface area contributed by atoms with E-state index in [1.165, 1.54) is 13.3 Å². The van der Waals surface area contributed by atoms with E-state index in [0.29, 0.717) is 31.7 Å². The largest absolute Gasteiger partial charge is 0.469 e. The van der Waals surface area contributed by atoms with Gasteiger partial charge in [0.1, 0.15) is 5.69 Å². The molecule has 114 valence electrons. The predicted molar refractivity (Wildman–Crippen MR) is 75.7 cm³/mol. The Morgan fingerprint density at radius 1 is 1.19 bits per heavy atom. The average molecular weight is 292 g/mol. The lowest BCUT2D eigenvalue weighted by Crippen LogP contribution is -2.49. The minimum atomic E-state index is -0.205. The molecule has 1 aromatic rings. The number of aromatic nitrogens is 2. The zero-order valence-corrected chi connectivity index (χ0v) is 12.4. The van der Waals surface area contributed by atoms with Crippen molar-refractivity contribution in [2.75, 3.05) is 39.8 Å². The second kappa shape index (κ2) is 7.12. The quantitative estimate of drug-likeness (QED) is 0.733. The fourth-order valence-corrected chi connectivity index (χ4v) is 2.19. The normalized spacial score (nSPS) is 15.8. The minimum Gasteiger partial charge on any atom is -0.469 e. The maximum absolute atomic E-state index is 12.3. The summed E-state index contributed by atoms with van der Waals surface area (Å²) in [5.74, 6) is -0.293. The van der Waals surface area contributed by atoms with Crippen molar-refractivity contribution in [2.24, 2.45) is 0 Å². The molecule has 1 fully saturated rings. The SMILES string of the molecule is COC(=O)CCN1CCN(C(=O)c2cnc(C)cn2)CC1. The van der Waals surface area contributed by atoms with E-state index in [9.17, 15) is 9.59 Å². The van der Waals surface area contributed by atoms with Crippen LogP contribution in [0.2, 0.25) is 0 Å². The maximum atomic E-state index is 12.3. The highest BCUT2D eigenvalue weighted by Crippen LogP contribution is 2.07. The number of piperazine rings is 1. The number of ether oxygens (including phenoxy) is 1. The maximum Gasteiger partial charge on any atom is 0.306 e. The lowest BCUT2D eigenvalue weighted by atomic mass is 10.2. The molecule has 1 aromatic heterocycles. The van der Waals surface area contributed by atoms with Crippen LogP contribution in [0.5, 0.6) is 0 Å². The van der Waals surface area contributed by atoms with Gasteiger partial charge in [0.15, 0.2) is 0 Å². The van der Waals surface area contributed by atoms with Gasteiger partial charge in [-0.1, -0.05) is 0 Å². The van der Waals surface area contributed by atoms with E-state index in [-0.39, 0.29) is 11.9 Å². The second-order valence-electron chi connectivity index (χ2n) is 5.00. The summed E-state index contributed by atoms with van der Waals surface area (Å²) in [4.78, 5) is 35.5. The second-order valence-corrected chi connectivity index (χ2v) is 5.00. The molecule has 7 heteroatoms. The molecule has 2 heterocycles. The first-order valence-corrected chi connectivity index (χ1v) is 6.97. The van der Waals surface area contributed by atoms with E-state index in [1.54, 1.807) is 11.1 Å². The number of hydrogen-bond acceptors (Lipinski definition) is 6. The summed E-state index contributed by atoms with van der Waals surface area (Å²) in [6.45, 7) is 5.27. The summed E-state index contributed by atoms with van der Waals surface area (Å²) in [6, 6.07) is 0. The summed E-state index contributed by atoms with van der Waals surface area (Å²) in [5.41, 5.74) is 1.17. The molecule has 0 aromatic carbocycles. The number of aryl methyl sites for hydroxylation is 1. The van der Waals surface area contributed by atoms with Crippen molar-refractivity contribution in [1.82, 2.24) is 19.8 Å². The van der Waals surface area contributed by atoms with Crippen LogP contribution in [0.25, 0.3) is 0 Å². The molecule has 1 aliphatic heterocycles. The van der Waals surface area contributed by atoms with Gasteiger partial charge in [-0.25, -0.2) is 4.98 Å². The Bertz CT molecular complexity index is 495. The Kier molecular flexibility index (Phi) is 5.21. The third-order valence-electron chi connectivity index (χ3n) is 3.52. The van der Waals surface area contributed by atoms with Crippen LogP contribution in [0.1, 0.15) is 22.6 Å². The molecule has 0 radical (unpaired) electrons. The van der Waals surface area contributed by atoms with Gasteiger partial charge in [-0.05, 0) is 6.92 Å². The summed E-state index contributed by atoms with van der Waals surface area (Å²) < 4.78 is 4.62. The molecule has 0 unspecified atom stereocenters. The van der Waals surface area contributed by atoms with Crippen molar-refractivity contribution >= 4 is 11.9 Å². The molecule has 1 amide bonds. The van der Waals surface area contributed by atoms with Crippen LogP contribution in [0.15, 0.2) is 12.4 Å². The van der Waals surface area contributed by atoms with Gasteiger partial charge in [0.25, 0.3) is 5.91 Å². The number of amides is 1. The molecule has 0 saturated carbocycles. The summed E-state index contributed by atoms with van der Waals surface area (Å²) >= 11 is 0. The van der Waals surface area contributed by atoms with Gasteiger partial charge in [0.05, 0.1) is 25.4 Å². The minimum absolute atomic E-state index is 0.0879. The molecule has 0 N–H and O–H groups in total. The van der Waals surface area contributed by atoms with Crippen molar-refractivity contribution in [3.05, 3.63) is 23.8 Å². The van der Waals surface area contributed by atoms with E-state index in [2.05, 4.69) is 19.6 Å². The Balaban J connectivity index is 1.82. The molecule has 1 aliphatic rings. The lowest BCUT2D eigenvalue weighted by Gasteiger charge is -2.34. The van der Waals surface area contributed by atoms with E-state index in [4.69, 9.17) is 0 Å². The molecule has 0 spiro atoms. The van der Waals surface area contributed by atoms with Crippen LogP contribution >= 0.6 is 0 Å². The highest BCUT2D eigenvalue weighted by molar-refractivity contribution is 5.92. The first kappa shape index (κ1) is 15.4. The third-order valence-corrected chi connectivity index (χ3v) is 3.52. The highest BCUT2D eigenvalue weighted by Gasteiger charge is 2.23. The highest BCUT2D eigenvalue weighted by atomic mass is 16.5. The molecular weight excluding hydrogens is 272 g/mol. The van der Waals surface area contributed by atoms with E-state index < -0.39 is 0 Å². The summed E-state index contributed by atoms with van der Waals surface area (Å²) in [5, 5.41) is 0. The number of hydrogen-bond donors (Lipinski definition) is 0. The van der Waals surface area contributed by atoms with Gasteiger partial charge in [0, 0.05) is 38.9 Å². The van der Waals surface area contributed by atoms with Gasteiger partial charge in [0.2, 0.25) is 0 Å². The van der Waals surface area contributed by atoms with Crippen molar-refractivity contribution in [1.29, 1.82) is 0 Å². The molecule has 0 bridgehead atoms. The van der Waals surface area contributed by atoms with Crippen molar-refractivity contribution < 1.29 is 14.3 Å². The van der Waals surface area contributed by atoms with E-state index in [0.717, 1.165) is 18.8 Å². The van der Waals surface area contributed by atoms with Crippen LogP contribution in [0.4, 0.5) is 0 Å². The number of esters is 1. The fourth-order valence-electron chi connectivity index (χ4n) is 2.19. The van der Waals surface area contributed by atoms with Crippen molar-refractivity contribution in [3.8, 4) is 0 Å². The zero-order chi connectivity index (χ0) is 15.2. The number of carbonyl (C=O) groups excluding carboxylic acids is 2. The van der Waals surface area contributed by atoms with Crippen LogP contribution in [0, 0.1) is 6.92 Å². The smallest absolute Gasteiger partial charge is 0.306 e. The standard InChI is InChI=1S/C14H20N4O3/c1-11-9-16-12(10-15-11)14(20)18-7-5-17(6-8-18)4-3-13(19)21-2/h9-10H,3-8H2,1-2H3. The number of carbonyl (C=O) groups is 2. The fraction of sp³-hybridized carbons (Fsp3) is 0.571. The van der Waals surface area contributed by atoms with Gasteiger partial charge >= 0.3 is 5.97 Å². The number of rotatable bonds is 4. The molecule has 1 saturated heterocycles. The first-order valence-electron chi connectivity index (χ1n) is 6.97. The van der Waals surface area contributed by atoms with Crippen LogP contribution in [-0.4, -0.2) is 71.5 Å². The Morgan fingerprint density at radius 3 is 2.48 bits per heavy atom. The van der Waals surface area contributed by atoms with Gasteiger partial charge in [-0.15, -0.1) is 0 Å². The Morgan fingerprint density at radius 2 is 1.90 bits per heavy atom. The Labute approximate surface area is 123 Å². The van der Waals surface area contributed by atoms with Gasteiger partial charge in [-0.2, -0.15) is 0 Å². The van der Waals surface area contributed by atoms with Gasteiger partial charge in [-0.3, -0.25) is 19.5 Å². The number of nitrogens with zero attached hydrogens (tertiary/aromatic N) is 4. The molecule has 0 atom stereocenters. The molecular formula is C14H20N4O3. The average Bonchev–Trinajstić information content (AvgIpc) is 2.53. The van der Waals surface area contributed by atoms with Crippen molar-refractivity contribution in [2.45, 2.75) is 13.3 Å². The third kappa shape index (κ3) is 4.22. The zero-order valence-electron chi connectivity index (χ0n) is 12.4. The summed E-state index contributed by atoms with van der Waals surface area (Å²) in [7, 11) is 1.39. The van der Waals surface area contributed by atoms with Crippen LogP contribution in [0.3, 0.4) is 0 Å². The number of methoxy groups -OCH3 is 1. The van der Waals surface area contributed by atoms with E-state index in [1.807, 2.05) is 6.92 Å². The van der Waals surface area contributed by atoms with E-state index >= 15 is 0 Å². The van der Waals surface area contributed by atoms with Crippen LogP contribution < -0.4 is 0 Å². The molecule has 7 nitrogen and oxygen atoms in total. The summed E-state index contributed by atoms with van der Waals surface area (Å²) in [6.07, 6.45) is 3.50. The molecule has 0 aliphatic carbocycles.